The van der Waals surface area contributed by atoms with Gasteiger partial charge in [0.15, 0.2) is 0 Å². The van der Waals surface area contributed by atoms with Crippen LogP contribution in [0, 0.1) is 0 Å². The molecule has 1 aromatic rings. The second-order valence-electron chi connectivity index (χ2n) is 4.38. The molecule has 0 radical (unpaired) electrons. The highest BCUT2D eigenvalue weighted by Crippen LogP contribution is 2.50. The first-order chi connectivity index (χ1) is 9.13. The van der Waals surface area contributed by atoms with Crippen molar-refractivity contribution in [2.24, 2.45) is 5.73 Å². The van der Waals surface area contributed by atoms with Gasteiger partial charge in [0.05, 0.1) is 11.8 Å². The normalized spacial score (nSPS) is 21.4. The Hall–Kier alpha value is -1.79. The van der Waals surface area contributed by atoms with E-state index in [0.29, 0.717) is 17.9 Å². The molecule has 98 valence electrons. The second kappa shape index (κ2) is 4.40. The Kier molecular flexibility index (Phi) is 2.83. The van der Waals surface area contributed by atoms with Crippen LogP contribution in [0.1, 0.15) is 17.5 Å². The van der Waals surface area contributed by atoms with Crippen LogP contribution in [0.2, 0.25) is 0 Å². The summed E-state index contributed by atoms with van der Waals surface area (Å²) in [4.78, 5) is 25.0. The third-order valence-electron chi connectivity index (χ3n) is 3.30. The molecule has 1 saturated heterocycles. The van der Waals surface area contributed by atoms with Gasteiger partial charge in [-0.15, -0.1) is 0 Å². The summed E-state index contributed by atoms with van der Waals surface area (Å²) in [5.41, 5.74) is 7.48. The number of nitrogens with zero attached hydrogens (tertiary/aromatic N) is 1. The number of thioether (sulfide) groups is 1. The van der Waals surface area contributed by atoms with Crippen LogP contribution in [0.25, 0.3) is 4.91 Å². The molecule has 0 saturated carbocycles. The monoisotopic (exact) mass is 276 g/mol. The van der Waals surface area contributed by atoms with E-state index in [1.807, 2.05) is 24.3 Å². The van der Waals surface area contributed by atoms with Crippen molar-refractivity contribution in [1.29, 1.82) is 0 Å². The van der Waals surface area contributed by atoms with Crippen LogP contribution in [-0.4, -0.2) is 27.3 Å². The highest BCUT2D eigenvalue weighted by Gasteiger charge is 2.48. The van der Waals surface area contributed by atoms with Crippen molar-refractivity contribution in [2.45, 2.75) is 18.3 Å². The number of hydrogen-bond donors (Lipinski definition) is 2. The Morgan fingerprint density at radius 3 is 2.84 bits per heavy atom. The third kappa shape index (κ3) is 1.75. The van der Waals surface area contributed by atoms with Crippen LogP contribution in [0.15, 0.2) is 30.0 Å². The van der Waals surface area contributed by atoms with E-state index in [2.05, 4.69) is 0 Å². The number of fused-ring (bicyclic) bond motifs is 1. The zero-order chi connectivity index (χ0) is 13.6. The van der Waals surface area contributed by atoms with Crippen molar-refractivity contribution in [3.8, 4) is 0 Å². The molecule has 1 atom stereocenters. The van der Waals surface area contributed by atoms with Crippen molar-refractivity contribution in [1.82, 2.24) is 4.90 Å². The van der Waals surface area contributed by atoms with E-state index in [-0.39, 0.29) is 17.0 Å². The number of carbonyl (C=O) groups excluding carboxylic acids is 1. The Labute approximate surface area is 114 Å². The Morgan fingerprint density at radius 2 is 2.21 bits per heavy atom. The number of aliphatic carboxylic acids is 1. The third-order valence-corrected chi connectivity index (χ3v) is 4.60. The first-order valence-corrected chi connectivity index (χ1v) is 6.76. The molecule has 2 aliphatic rings. The van der Waals surface area contributed by atoms with Crippen LogP contribution in [0.3, 0.4) is 0 Å². The molecule has 2 heterocycles. The van der Waals surface area contributed by atoms with Gasteiger partial charge in [-0.3, -0.25) is 9.69 Å². The number of rotatable bonds is 3. The molecule has 0 aliphatic carbocycles. The minimum atomic E-state index is -1.06. The molecule has 3 N–H and O–H groups in total. The van der Waals surface area contributed by atoms with E-state index in [0.717, 1.165) is 11.1 Å². The summed E-state index contributed by atoms with van der Waals surface area (Å²) in [5, 5.41) is 9.28. The molecule has 3 rings (SSSR count). The van der Waals surface area contributed by atoms with Gasteiger partial charge in [0.2, 0.25) is 5.91 Å². The SMILES string of the molecule is NCc1ccccc1C1=C(C(=O)O)N2C(=O)C[C@@H]2S1. The summed E-state index contributed by atoms with van der Waals surface area (Å²) in [7, 11) is 0. The van der Waals surface area contributed by atoms with E-state index < -0.39 is 5.97 Å². The van der Waals surface area contributed by atoms with Crippen LogP contribution >= 0.6 is 11.8 Å². The Morgan fingerprint density at radius 1 is 1.47 bits per heavy atom. The molecule has 0 unspecified atom stereocenters. The average molecular weight is 276 g/mol. The summed E-state index contributed by atoms with van der Waals surface area (Å²) in [5.74, 6) is -1.19. The number of amides is 1. The smallest absolute Gasteiger partial charge is 0.353 e. The topological polar surface area (TPSA) is 83.6 Å². The van der Waals surface area contributed by atoms with E-state index >= 15 is 0 Å². The average Bonchev–Trinajstić information content (AvgIpc) is 2.71. The maximum absolute atomic E-state index is 11.5. The lowest BCUT2D eigenvalue weighted by molar-refractivity contribution is -0.145. The van der Waals surface area contributed by atoms with Crippen molar-refractivity contribution in [3.63, 3.8) is 0 Å². The van der Waals surface area contributed by atoms with E-state index in [9.17, 15) is 14.7 Å². The highest BCUT2D eigenvalue weighted by molar-refractivity contribution is 8.09. The van der Waals surface area contributed by atoms with Gasteiger partial charge in [-0.2, -0.15) is 0 Å². The quantitative estimate of drug-likeness (QED) is 0.811. The predicted octanol–water partition coefficient (Wildman–Crippen LogP) is 1.20. The molecular formula is C13H12N2O3S. The molecule has 1 amide bonds. The molecule has 6 heteroatoms. The molecule has 2 aliphatic heterocycles. The molecule has 0 bridgehead atoms. The fourth-order valence-electron chi connectivity index (χ4n) is 2.36. The van der Waals surface area contributed by atoms with Gasteiger partial charge in [0.25, 0.3) is 0 Å². The number of carbonyl (C=O) groups is 2. The minimum Gasteiger partial charge on any atom is -0.477 e. The van der Waals surface area contributed by atoms with Crippen LogP contribution in [0.4, 0.5) is 0 Å². The number of hydrogen-bond acceptors (Lipinski definition) is 4. The van der Waals surface area contributed by atoms with Crippen molar-refractivity contribution >= 4 is 28.5 Å². The number of β-lactam (4-membered cyclic amide) rings is 1. The molecular weight excluding hydrogens is 264 g/mol. The largest absolute Gasteiger partial charge is 0.477 e. The van der Waals surface area contributed by atoms with Crippen molar-refractivity contribution in [2.75, 3.05) is 0 Å². The summed E-state index contributed by atoms with van der Waals surface area (Å²) in [6, 6.07) is 7.44. The van der Waals surface area contributed by atoms with Crippen molar-refractivity contribution < 1.29 is 14.7 Å². The predicted molar refractivity (Wildman–Crippen MR) is 71.7 cm³/mol. The summed E-state index contributed by atoms with van der Waals surface area (Å²) in [6.45, 7) is 0.339. The molecule has 1 fully saturated rings. The first-order valence-electron chi connectivity index (χ1n) is 5.88. The van der Waals surface area contributed by atoms with Gasteiger partial charge < -0.3 is 10.8 Å². The number of nitrogens with two attached hydrogens (primary N) is 1. The first kappa shape index (κ1) is 12.3. The zero-order valence-electron chi connectivity index (χ0n) is 10.00. The molecule has 0 aromatic heterocycles. The lowest BCUT2D eigenvalue weighted by atomic mass is 10.0. The van der Waals surface area contributed by atoms with Crippen molar-refractivity contribution in [3.05, 3.63) is 41.1 Å². The van der Waals surface area contributed by atoms with Gasteiger partial charge in [-0.1, -0.05) is 36.0 Å². The van der Waals surface area contributed by atoms with E-state index in [1.165, 1.54) is 16.7 Å². The minimum absolute atomic E-state index is 0.0700. The Bertz CT molecular complexity index is 612. The van der Waals surface area contributed by atoms with E-state index in [1.54, 1.807) is 0 Å². The number of carboxylic acids is 1. The van der Waals surface area contributed by atoms with Crippen LogP contribution in [0.5, 0.6) is 0 Å². The molecule has 0 spiro atoms. The molecule has 19 heavy (non-hydrogen) atoms. The van der Waals surface area contributed by atoms with Gasteiger partial charge in [-0.25, -0.2) is 4.79 Å². The van der Waals surface area contributed by atoms with Gasteiger partial charge in [-0.05, 0) is 11.1 Å². The standard InChI is InChI=1S/C13H12N2O3S/c14-6-7-3-1-2-4-8(7)12-11(13(17)18)15-9(16)5-10(15)19-12/h1-4,10H,5-6,14H2,(H,17,18)/t10-/m0/s1. The number of benzene rings is 1. The summed E-state index contributed by atoms with van der Waals surface area (Å²) >= 11 is 1.43. The van der Waals surface area contributed by atoms with Crippen LogP contribution in [-0.2, 0) is 16.1 Å². The summed E-state index contributed by atoms with van der Waals surface area (Å²) < 4.78 is 0. The van der Waals surface area contributed by atoms with E-state index in [4.69, 9.17) is 5.73 Å². The summed E-state index contributed by atoms with van der Waals surface area (Å²) in [6.07, 6.45) is 0.399. The lowest BCUT2D eigenvalue weighted by Gasteiger charge is -2.33. The van der Waals surface area contributed by atoms with Gasteiger partial charge in [0.1, 0.15) is 5.70 Å². The van der Waals surface area contributed by atoms with Crippen LogP contribution < -0.4 is 5.73 Å². The molecule has 1 aromatic carbocycles. The maximum Gasteiger partial charge on any atom is 0.353 e. The van der Waals surface area contributed by atoms with Gasteiger partial charge >= 0.3 is 5.97 Å². The molecule has 5 nitrogen and oxygen atoms in total. The van der Waals surface area contributed by atoms with Gasteiger partial charge in [0, 0.05) is 11.4 Å². The number of carboxylic acid groups (broad SMARTS) is 1. The lowest BCUT2D eigenvalue weighted by Crippen LogP contribution is -2.48. The zero-order valence-corrected chi connectivity index (χ0v) is 10.8. The fourth-order valence-corrected chi connectivity index (χ4v) is 3.81. The Balaban J connectivity index is 2.14. The second-order valence-corrected chi connectivity index (χ2v) is 5.57. The fraction of sp³-hybridized carbons (Fsp3) is 0.231. The highest BCUT2D eigenvalue weighted by atomic mass is 32.2. The maximum atomic E-state index is 11.5.